The molecule has 28 heavy (non-hydrogen) atoms. The molecule has 0 saturated carbocycles. The van der Waals surface area contributed by atoms with Gasteiger partial charge in [-0.2, -0.15) is 0 Å². The summed E-state index contributed by atoms with van der Waals surface area (Å²) in [6.45, 7) is 4.29. The number of carboxylic acid groups (broad SMARTS) is 1. The average Bonchev–Trinajstić information content (AvgIpc) is 3.00. The van der Waals surface area contributed by atoms with Crippen molar-refractivity contribution in [2.45, 2.75) is 20.3 Å². The van der Waals surface area contributed by atoms with Gasteiger partial charge in [-0.3, -0.25) is 0 Å². The molecular weight excluding hydrogens is 439 g/mol. The summed E-state index contributed by atoms with van der Waals surface area (Å²) in [4.78, 5) is 17.1. The number of rotatable bonds is 6. The first-order valence-electron chi connectivity index (χ1n) is 8.49. The predicted octanol–water partition coefficient (Wildman–Crippen LogP) is 7.41. The molecule has 146 valence electrons. The minimum Gasteiger partial charge on any atom is -0.478 e. The van der Waals surface area contributed by atoms with Crippen LogP contribution in [0.2, 0.25) is 15.1 Å². The Labute approximate surface area is 182 Å². The lowest BCUT2D eigenvalue weighted by molar-refractivity contribution is 0.0697. The van der Waals surface area contributed by atoms with Gasteiger partial charge in [-0.15, -0.1) is 11.3 Å². The fourth-order valence-electron chi connectivity index (χ4n) is 2.67. The summed E-state index contributed by atoms with van der Waals surface area (Å²) in [5.74, 6) is -0.631. The molecule has 0 fully saturated rings. The molecule has 0 aliphatic carbocycles. The lowest BCUT2D eigenvalue weighted by Gasteiger charge is -2.06. The first-order chi connectivity index (χ1) is 13.2. The Morgan fingerprint density at radius 3 is 2.46 bits per heavy atom. The van der Waals surface area contributed by atoms with Crippen molar-refractivity contribution in [2.24, 2.45) is 5.92 Å². The Hall–Kier alpha value is -1.79. The number of carboxylic acids is 1. The number of anilines is 2. The quantitative estimate of drug-likeness (QED) is 0.406. The first kappa shape index (κ1) is 20.9. The Kier molecular flexibility index (Phi) is 6.50. The lowest BCUT2D eigenvalue weighted by atomic mass is 10.0. The molecule has 2 aromatic carbocycles. The number of nitrogens with zero attached hydrogens (tertiary/aromatic N) is 1. The number of carbonyl (C=O) groups is 1. The monoisotopic (exact) mass is 454 g/mol. The van der Waals surface area contributed by atoms with Gasteiger partial charge in [0.15, 0.2) is 5.13 Å². The summed E-state index contributed by atoms with van der Waals surface area (Å²) in [5.41, 5.74) is 2.37. The fraction of sp³-hybridized carbons (Fsp3) is 0.200. The maximum atomic E-state index is 11.3. The van der Waals surface area contributed by atoms with Crippen LogP contribution >= 0.6 is 46.1 Å². The van der Waals surface area contributed by atoms with Gasteiger partial charge in [0.2, 0.25) is 0 Å². The number of aromatic carboxylic acids is 1. The third-order valence-electron chi connectivity index (χ3n) is 3.93. The van der Waals surface area contributed by atoms with E-state index < -0.39 is 5.97 Å². The number of nitrogens with one attached hydrogen (secondary N) is 1. The van der Waals surface area contributed by atoms with E-state index in [2.05, 4.69) is 19.2 Å². The second kappa shape index (κ2) is 8.70. The van der Waals surface area contributed by atoms with Gasteiger partial charge in [0, 0.05) is 16.1 Å². The second-order valence-corrected chi connectivity index (χ2v) is 8.95. The van der Waals surface area contributed by atoms with Crippen molar-refractivity contribution in [3.8, 4) is 11.3 Å². The molecule has 1 heterocycles. The van der Waals surface area contributed by atoms with Crippen LogP contribution < -0.4 is 5.32 Å². The third kappa shape index (κ3) is 4.78. The van der Waals surface area contributed by atoms with E-state index in [-0.39, 0.29) is 10.6 Å². The van der Waals surface area contributed by atoms with Crippen molar-refractivity contribution in [3.05, 3.63) is 61.9 Å². The van der Waals surface area contributed by atoms with Crippen molar-refractivity contribution in [2.75, 3.05) is 5.32 Å². The zero-order chi connectivity index (χ0) is 20.4. The fourth-order valence-corrected chi connectivity index (χ4v) is 4.39. The molecule has 0 atom stereocenters. The van der Waals surface area contributed by atoms with Crippen molar-refractivity contribution < 1.29 is 9.90 Å². The molecule has 0 bridgehead atoms. The molecule has 2 N–H and O–H groups in total. The predicted molar refractivity (Wildman–Crippen MR) is 118 cm³/mol. The van der Waals surface area contributed by atoms with Gasteiger partial charge >= 0.3 is 5.97 Å². The van der Waals surface area contributed by atoms with E-state index in [1.807, 2.05) is 6.07 Å². The van der Waals surface area contributed by atoms with Crippen LogP contribution in [0.1, 0.15) is 29.1 Å². The van der Waals surface area contributed by atoms with E-state index in [0.717, 1.165) is 22.6 Å². The standard InChI is InChI=1S/C20H17Cl3N2O2S/c1-10(2)7-17-18(11-3-5-15(22)16(23)8-11)25-20(28-17)24-12-4-6-14(21)13(9-12)19(26)27/h3-6,8-10H,7H2,1-2H3,(H,24,25)(H,26,27). The maximum Gasteiger partial charge on any atom is 0.337 e. The Balaban J connectivity index is 1.98. The van der Waals surface area contributed by atoms with Crippen LogP contribution in [-0.2, 0) is 6.42 Å². The van der Waals surface area contributed by atoms with Gasteiger partial charge in [-0.05, 0) is 42.7 Å². The topological polar surface area (TPSA) is 62.2 Å². The van der Waals surface area contributed by atoms with Gasteiger partial charge in [0.25, 0.3) is 0 Å². The van der Waals surface area contributed by atoms with Crippen LogP contribution in [0.5, 0.6) is 0 Å². The summed E-state index contributed by atoms with van der Waals surface area (Å²) in [6.07, 6.45) is 0.857. The molecule has 8 heteroatoms. The molecule has 0 spiro atoms. The number of benzene rings is 2. The average molecular weight is 456 g/mol. The summed E-state index contributed by atoms with van der Waals surface area (Å²) >= 11 is 19.7. The maximum absolute atomic E-state index is 11.3. The van der Waals surface area contributed by atoms with E-state index in [1.165, 1.54) is 17.4 Å². The largest absolute Gasteiger partial charge is 0.478 e. The number of aromatic nitrogens is 1. The number of halogens is 3. The van der Waals surface area contributed by atoms with Crippen LogP contribution in [0.25, 0.3) is 11.3 Å². The van der Waals surface area contributed by atoms with Crippen molar-refractivity contribution in [1.29, 1.82) is 0 Å². The van der Waals surface area contributed by atoms with Crippen LogP contribution in [0, 0.1) is 5.92 Å². The normalized spacial score (nSPS) is 11.1. The van der Waals surface area contributed by atoms with Crippen LogP contribution in [0.4, 0.5) is 10.8 Å². The summed E-state index contributed by atoms with van der Waals surface area (Å²) < 4.78 is 0. The summed E-state index contributed by atoms with van der Waals surface area (Å²) in [5, 5.41) is 14.3. The smallest absolute Gasteiger partial charge is 0.337 e. The molecule has 0 saturated heterocycles. The highest BCUT2D eigenvalue weighted by Gasteiger charge is 2.16. The van der Waals surface area contributed by atoms with Crippen LogP contribution in [-0.4, -0.2) is 16.1 Å². The molecular formula is C20H17Cl3N2O2S. The van der Waals surface area contributed by atoms with Crippen molar-refractivity contribution >= 4 is 62.9 Å². The van der Waals surface area contributed by atoms with E-state index in [0.29, 0.717) is 26.8 Å². The molecule has 1 aromatic heterocycles. The summed E-state index contributed by atoms with van der Waals surface area (Å²) in [7, 11) is 0. The Morgan fingerprint density at radius 1 is 1.11 bits per heavy atom. The van der Waals surface area contributed by atoms with Gasteiger partial charge in [0.1, 0.15) is 0 Å². The molecule has 3 aromatic rings. The molecule has 4 nitrogen and oxygen atoms in total. The highest BCUT2D eigenvalue weighted by atomic mass is 35.5. The minimum atomic E-state index is -1.08. The highest BCUT2D eigenvalue weighted by molar-refractivity contribution is 7.16. The molecule has 0 unspecified atom stereocenters. The van der Waals surface area contributed by atoms with Crippen molar-refractivity contribution in [3.63, 3.8) is 0 Å². The Morgan fingerprint density at radius 2 is 1.82 bits per heavy atom. The minimum absolute atomic E-state index is 0.0373. The second-order valence-electron chi connectivity index (χ2n) is 6.64. The molecule has 0 aliphatic rings. The molecule has 3 rings (SSSR count). The van der Waals surface area contributed by atoms with Gasteiger partial charge in [-0.25, -0.2) is 9.78 Å². The van der Waals surface area contributed by atoms with E-state index in [1.54, 1.807) is 24.3 Å². The van der Waals surface area contributed by atoms with Gasteiger partial charge < -0.3 is 10.4 Å². The summed E-state index contributed by atoms with van der Waals surface area (Å²) in [6, 6.07) is 10.2. The molecule has 0 aliphatic heterocycles. The third-order valence-corrected chi connectivity index (χ3v) is 5.99. The van der Waals surface area contributed by atoms with Crippen LogP contribution in [0.3, 0.4) is 0 Å². The lowest BCUT2D eigenvalue weighted by Crippen LogP contribution is -1.99. The number of thiazole rings is 1. The van der Waals surface area contributed by atoms with Crippen molar-refractivity contribution in [1.82, 2.24) is 4.98 Å². The SMILES string of the molecule is CC(C)Cc1sc(Nc2ccc(Cl)c(C(=O)O)c2)nc1-c1ccc(Cl)c(Cl)c1. The van der Waals surface area contributed by atoms with E-state index >= 15 is 0 Å². The van der Waals surface area contributed by atoms with E-state index in [9.17, 15) is 9.90 Å². The van der Waals surface area contributed by atoms with Crippen LogP contribution in [0.15, 0.2) is 36.4 Å². The molecule has 0 amide bonds. The van der Waals surface area contributed by atoms with E-state index in [4.69, 9.17) is 39.8 Å². The Bertz CT molecular complexity index is 1030. The van der Waals surface area contributed by atoms with Gasteiger partial charge in [0.05, 0.1) is 26.3 Å². The number of hydrogen-bond acceptors (Lipinski definition) is 4. The number of hydrogen-bond donors (Lipinski definition) is 2. The molecule has 0 radical (unpaired) electrons. The zero-order valence-electron chi connectivity index (χ0n) is 15.1. The highest BCUT2D eigenvalue weighted by Crippen LogP contribution is 2.37. The zero-order valence-corrected chi connectivity index (χ0v) is 18.2. The van der Waals surface area contributed by atoms with Gasteiger partial charge in [-0.1, -0.05) is 54.7 Å². The first-order valence-corrected chi connectivity index (χ1v) is 10.4.